The Morgan fingerprint density at radius 1 is 1.43 bits per heavy atom. The van der Waals surface area contributed by atoms with Crippen molar-refractivity contribution in [2.75, 3.05) is 13.1 Å². The van der Waals surface area contributed by atoms with E-state index in [4.69, 9.17) is 6.42 Å². The largest absolute Gasteiger partial charge is 0.299 e. The zero-order valence-corrected chi connectivity index (χ0v) is 8.54. The molecule has 1 aliphatic carbocycles. The van der Waals surface area contributed by atoms with Gasteiger partial charge in [-0.3, -0.25) is 9.69 Å². The van der Waals surface area contributed by atoms with Crippen LogP contribution in [0.25, 0.3) is 0 Å². The summed E-state index contributed by atoms with van der Waals surface area (Å²) in [7, 11) is 0. The maximum absolute atomic E-state index is 11.6. The first-order chi connectivity index (χ1) is 6.83. The molecule has 76 valence electrons. The lowest BCUT2D eigenvalue weighted by Gasteiger charge is -2.26. The van der Waals surface area contributed by atoms with Gasteiger partial charge in [0.15, 0.2) is 0 Å². The van der Waals surface area contributed by atoms with Crippen LogP contribution in [0.3, 0.4) is 0 Å². The third-order valence-electron chi connectivity index (χ3n) is 3.52. The summed E-state index contributed by atoms with van der Waals surface area (Å²) in [5.74, 6) is 3.46. The Kier molecular flexibility index (Phi) is 2.88. The molecule has 2 unspecified atom stereocenters. The van der Waals surface area contributed by atoms with E-state index in [-0.39, 0.29) is 0 Å². The molecule has 2 fully saturated rings. The van der Waals surface area contributed by atoms with E-state index in [0.717, 1.165) is 32.2 Å². The standard InChI is InChI=1S/C12H17NO/c1-2-8-13-9-4-6-11(13)10-5-3-7-12(10)14/h1,10-11H,3-9H2. The first-order valence-electron chi connectivity index (χ1n) is 5.53. The topological polar surface area (TPSA) is 20.3 Å². The molecule has 0 bridgehead atoms. The lowest BCUT2D eigenvalue weighted by Crippen LogP contribution is -2.37. The van der Waals surface area contributed by atoms with Crippen molar-refractivity contribution in [3.8, 4) is 12.3 Å². The fraction of sp³-hybridized carbons (Fsp3) is 0.750. The minimum Gasteiger partial charge on any atom is -0.299 e. The molecule has 2 nitrogen and oxygen atoms in total. The van der Waals surface area contributed by atoms with Gasteiger partial charge in [-0.1, -0.05) is 5.92 Å². The van der Waals surface area contributed by atoms with Crippen LogP contribution >= 0.6 is 0 Å². The zero-order chi connectivity index (χ0) is 9.97. The van der Waals surface area contributed by atoms with Gasteiger partial charge in [0.1, 0.15) is 5.78 Å². The fourth-order valence-corrected chi connectivity index (χ4v) is 2.87. The smallest absolute Gasteiger partial charge is 0.137 e. The van der Waals surface area contributed by atoms with E-state index in [2.05, 4.69) is 10.8 Å². The van der Waals surface area contributed by atoms with Crippen LogP contribution in [0.4, 0.5) is 0 Å². The van der Waals surface area contributed by atoms with Crippen molar-refractivity contribution in [1.29, 1.82) is 0 Å². The van der Waals surface area contributed by atoms with E-state index in [1.807, 2.05) is 0 Å². The highest BCUT2D eigenvalue weighted by Gasteiger charge is 2.37. The average molecular weight is 191 g/mol. The van der Waals surface area contributed by atoms with Gasteiger partial charge in [-0.25, -0.2) is 0 Å². The number of likely N-dealkylation sites (tertiary alicyclic amines) is 1. The number of Topliss-reactive ketones (excluding diaryl/α,β-unsaturated/α-hetero) is 1. The molecule has 2 heteroatoms. The van der Waals surface area contributed by atoms with E-state index in [9.17, 15) is 4.79 Å². The summed E-state index contributed by atoms with van der Waals surface area (Å²) in [6.45, 7) is 1.80. The van der Waals surface area contributed by atoms with Gasteiger partial charge in [-0.05, 0) is 32.2 Å². The molecule has 0 amide bonds. The Hall–Kier alpha value is -0.810. The molecule has 2 atom stereocenters. The van der Waals surface area contributed by atoms with Crippen molar-refractivity contribution in [1.82, 2.24) is 4.90 Å². The normalized spacial score (nSPS) is 33.5. The molecule has 0 aromatic rings. The van der Waals surface area contributed by atoms with Crippen LogP contribution in [0.1, 0.15) is 32.1 Å². The second-order valence-electron chi connectivity index (χ2n) is 4.35. The zero-order valence-electron chi connectivity index (χ0n) is 8.54. The number of ketones is 1. The minimum atomic E-state index is 0.297. The Bertz CT molecular complexity index is 266. The van der Waals surface area contributed by atoms with Crippen molar-refractivity contribution >= 4 is 5.78 Å². The van der Waals surface area contributed by atoms with Crippen LogP contribution in [0.2, 0.25) is 0 Å². The highest BCUT2D eigenvalue weighted by molar-refractivity contribution is 5.83. The number of hydrogen-bond donors (Lipinski definition) is 0. The second kappa shape index (κ2) is 4.14. The third-order valence-corrected chi connectivity index (χ3v) is 3.52. The Morgan fingerprint density at radius 2 is 2.29 bits per heavy atom. The van der Waals surface area contributed by atoms with Crippen LogP contribution in [0.5, 0.6) is 0 Å². The molecule has 2 aliphatic rings. The number of terminal acetylenes is 1. The van der Waals surface area contributed by atoms with Crippen LogP contribution in [-0.2, 0) is 4.79 Å². The number of carbonyl (C=O) groups excluding carboxylic acids is 1. The minimum absolute atomic E-state index is 0.297. The lowest BCUT2D eigenvalue weighted by molar-refractivity contribution is -0.122. The monoisotopic (exact) mass is 191 g/mol. The Morgan fingerprint density at radius 3 is 2.93 bits per heavy atom. The predicted molar refractivity (Wildman–Crippen MR) is 55.8 cm³/mol. The van der Waals surface area contributed by atoms with Crippen molar-refractivity contribution in [3.05, 3.63) is 0 Å². The summed E-state index contributed by atoms with van der Waals surface area (Å²) in [5.41, 5.74) is 0. The van der Waals surface area contributed by atoms with Crippen molar-refractivity contribution in [2.24, 2.45) is 5.92 Å². The van der Waals surface area contributed by atoms with Gasteiger partial charge in [0.25, 0.3) is 0 Å². The second-order valence-corrected chi connectivity index (χ2v) is 4.35. The molecule has 0 N–H and O–H groups in total. The van der Waals surface area contributed by atoms with Crippen LogP contribution in [0, 0.1) is 18.3 Å². The van der Waals surface area contributed by atoms with Gasteiger partial charge in [0.05, 0.1) is 6.54 Å². The van der Waals surface area contributed by atoms with Gasteiger partial charge in [0.2, 0.25) is 0 Å². The Balaban J connectivity index is 2.02. The number of nitrogens with zero attached hydrogens (tertiary/aromatic N) is 1. The summed E-state index contributed by atoms with van der Waals surface area (Å²) in [4.78, 5) is 13.9. The van der Waals surface area contributed by atoms with Gasteiger partial charge in [0, 0.05) is 18.4 Å². The highest BCUT2D eigenvalue weighted by Crippen LogP contribution is 2.32. The number of rotatable bonds is 2. The molecular weight excluding hydrogens is 174 g/mol. The summed E-state index contributed by atoms with van der Waals surface area (Å²) in [5, 5.41) is 0. The van der Waals surface area contributed by atoms with Crippen LogP contribution in [0.15, 0.2) is 0 Å². The summed E-state index contributed by atoms with van der Waals surface area (Å²) in [6.07, 6.45) is 10.7. The van der Waals surface area contributed by atoms with Crippen LogP contribution < -0.4 is 0 Å². The summed E-state index contributed by atoms with van der Waals surface area (Å²) >= 11 is 0. The van der Waals surface area contributed by atoms with E-state index in [1.54, 1.807) is 0 Å². The van der Waals surface area contributed by atoms with Crippen molar-refractivity contribution < 1.29 is 4.79 Å². The molecule has 1 saturated carbocycles. The van der Waals surface area contributed by atoms with E-state index >= 15 is 0 Å². The molecule has 0 radical (unpaired) electrons. The molecule has 0 aromatic heterocycles. The molecule has 0 aromatic carbocycles. The molecule has 1 heterocycles. The maximum atomic E-state index is 11.6. The lowest BCUT2D eigenvalue weighted by atomic mass is 9.95. The SMILES string of the molecule is C#CCN1CCCC1C1CCCC1=O. The van der Waals surface area contributed by atoms with Gasteiger partial charge < -0.3 is 0 Å². The maximum Gasteiger partial charge on any atom is 0.137 e. The molecule has 0 spiro atoms. The fourth-order valence-electron chi connectivity index (χ4n) is 2.87. The van der Waals surface area contributed by atoms with Crippen LogP contribution in [-0.4, -0.2) is 29.8 Å². The van der Waals surface area contributed by atoms with Gasteiger partial charge in [-0.2, -0.15) is 0 Å². The molecule has 1 aliphatic heterocycles. The van der Waals surface area contributed by atoms with Crippen molar-refractivity contribution in [3.63, 3.8) is 0 Å². The quantitative estimate of drug-likeness (QED) is 0.616. The van der Waals surface area contributed by atoms with E-state index in [1.165, 1.54) is 6.42 Å². The summed E-state index contributed by atoms with van der Waals surface area (Å²) in [6, 6.07) is 0.459. The van der Waals surface area contributed by atoms with E-state index in [0.29, 0.717) is 24.3 Å². The van der Waals surface area contributed by atoms with Gasteiger partial charge in [-0.15, -0.1) is 6.42 Å². The van der Waals surface area contributed by atoms with E-state index < -0.39 is 0 Å². The third kappa shape index (κ3) is 1.69. The van der Waals surface area contributed by atoms with Crippen molar-refractivity contribution in [2.45, 2.75) is 38.1 Å². The number of hydrogen-bond acceptors (Lipinski definition) is 2. The first kappa shape index (κ1) is 9.73. The number of carbonyl (C=O) groups is 1. The molecular formula is C12H17NO. The average Bonchev–Trinajstić information content (AvgIpc) is 2.74. The summed E-state index contributed by atoms with van der Waals surface area (Å²) < 4.78 is 0. The molecule has 1 saturated heterocycles. The highest BCUT2D eigenvalue weighted by atomic mass is 16.1. The molecule has 2 rings (SSSR count). The van der Waals surface area contributed by atoms with Gasteiger partial charge >= 0.3 is 0 Å². The first-order valence-corrected chi connectivity index (χ1v) is 5.53. The predicted octanol–water partition coefficient (Wildman–Crippen LogP) is 1.45. The molecule has 14 heavy (non-hydrogen) atoms. The Labute approximate surface area is 85.7 Å².